The fourth-order valence-corrected chi connectivity index (χ4v) is 4.69. The number of guanidine groups is 1. The summed E-state index contributed by atoms with van der Waals surface area (Å²) in [6.45, 7) is 2.44. The van der Waals surface area contributed by atoms with Gasteiger partial charge < -0.3 is 15.2 Å². The topological polar surface area (TPSA) is 90.0 Å². The van der Waals surface area contributed by atoms with Gasteiger partial charge in [0.05, 0.1) is 0 Å². The molecule has 0 aliphatic carbocycles. The van der Waals surface area contributed by atoms with Gasteiger partial charge in [-0.2, -0.15) is 4.39 Å². The van der Waals surface area contributed by atoms with Crippen LogP contribution in [0.25, 0.3) is 11.1 Å². The van der Waals surface area contributed by atoms with Crippen LogP contribution in [-0.2, 0) is 15.1 Å². The van der Waals surface area contributed by atoms with Crippen molar-refractivity contribution in [3.05, 3.63) is 48.0 Å². The lowest BCUT2D eigenvalue weighted by Crippen LogP contribution is -2.64. The third kappa shape index (κ3) is 2.35. The minimum Gasteiger partial charge on any atom is -0.484 e. The van der Waals surface area contributed by atoms with Crippen molar-refractivity contribution in [2.45, 2.75) is 37.0 Å². The summed E-state index contributed by atoms with van der Waals surface area (Å²) in [7, 11) is 1.59. The van der Waals surface area contributed by atoms with Crippen molar-refractivity contribution in [1.82, 2.24) is 9.88 Å². The third-order valence-corrected chi connectivity index (χ3v) is 6.10. The second kappa shape index (κ2) is 6.00. The van der Waals surface area contributed by atoms with Crippen LogP contribution in [0.1, 0.15) is 25.3 Å². The highest BCUT2D eigenvalue weighted by molar-refractivity contribution is 6.08. The fraction of sp³-hybridized carbons (Fsp3) is 0.381. The number of fused-ring (bicyclic) bond motifs is 4. The molecule has 1 amide bonds. The zero-order valence-corrected chi connectivity index (χ0v) is 16.2. The summed E-state index contributed by atoms with van der Waals surface area (Å²) in [4.78, 5) is 23.2. The quantitative estimate of drug-likeness (QED) is 0.747. The van der Waals surface area contributed by atoms with E-state index in [0.717, 1.165) is 12.8 Å². The molecule has 3 aliphatic rings. The fourth-order valence-electron chi connectivity index (χ4n) is 4.69. The van der Waals surface area contributed by atoms with Crippen LogP contribution in [0.4, 0.5) is 4.39 Å². The van der Waals surface area contributed by atoms with E-state index >= 15 is 0 Å². The number of nitrogens with two attached hydrogens (primary N) is 1. The molecule has 29 heavy (non-hydrogen) atoms. The van der Waals surface area contributed by atoms with Crippen LogP contribution in [0.2, 0.25) is 0 Å². The summed E-state index contributed by atoms with van der Waals surface area (Å²) in [6, 6.07) is 8.56. The highest BCUT2D eigenvalue weighted by atomic mass is 19.1. The number of aliphatic imine (C=N–C) groups is 1. The molecule has 4 heterocycles. The van der Waals surface area contributed by atoms with E-state index in [1.165, 1.54) is 11.1 Å². The molecule has 0 saturated carbocycles. The average Bonchev–Trinajstić information content (AvgIpc) is 2.93. The van der Waals surface area contributed by atoms with E-state index in [0.29, 0.717) is 29.0 Å². The third-order valence-electron chi connectivity index (χ3n) is 6.10. The van der Waals surface area contributed by atoms with Crippen LogP contribution < -0.4 is 10.5 Å². The largest absolute Gasteiger partial charge is 0.484 e. The molecule has 5 rings (SSSR count). The summed E-state index contributed by atoms with van der Waals surface area (Å²) >= 11 is 0. The molecular weight excluding hydrogens is 375 g/mol. The van der Waals surface area contributed by atoms with Gasteiger partial charge in [-0.15, -0.1) is 0 Å². The van der Waals surface area contributed by atoms with Gasteiger partial charge >= 0.3 is 0 Å². The summed E-state index contributed by atoms with van der Waals surface area (Å²) < 4.78 is 26.7. The number of carbonyl (C=O) groups is 1. The van der Waals surface area contributed by atoms with Crippen molar-refractivity contribution >= 4 is 11.9 Å². The molecule has 2 aromatic rings. The maximum Gasteiger partial charge on any atom is 0.264 e. The van der Waals surface area contributed by atoms with E-state index in [9.17, 15) is 9.18 Å². The lowest BCUT2D eigenvalue weighted by Gasteiger charge is -2.51. The highest BCUT2D eigenvalue weighted by Gasteiger charge is 2.65. The van der Waals surface area contributed by atoms with Gasteiger partial charge in [0.1, 0.15) is 17.5 Å². The van der Waals surface area contributed by atoms with Gasteiger partial charge in [0.25, 0.3) is 5.91 Å². The summed E-state index contributed by atoms with van der Waals surface area (Å²) in [5.74, 6) is -0.212. The molecule has 3 aliphatic heterocycles. The second-order valence-electron chi connectivity index (χ2n) is 7.92. The first kappa shape index (κ1) is 18.1. The number of benzene rings is 1. The van der Waals surface area contributed by atoms with Gasteiger partial charge in [-0.25, -0.2) is 9.98 Å². The Labute approximate surface area is 167 Å². The molecule has 7 nitrogen and oxygen atoms in total. The molecule has 2 N–H and O–H groups in total. The number of amides is 1. The van der Waals surface area contributed by atoms with E-state index < -0.39 is 23.2 Å². The minimum absolute atomic E-state index is 0.123. The highest BCUT2D eigenvalue weighted by Crippen LogP contribution is 2.53. The van der Waals surface area contributed by atoms with Crippen molar-refractivity contribution in [1.29, 1.82) is 0 Å². The summed E-state index contributed by atoms with van der Waals surface area (Å²) in [5, 5.41) is 0. The number of carbonyl (C=O) groups excluding carboxylic acids is 1. The number of aromatic nitrogens is 1. The number of hydrogen-bond donors (Lipinski definition) is 1. The molecule has 0 bridgehead atoms. The van der Waals surface area contributed by atoms with Crippen LogP contribution >= 0.6 is 0 Å². The lowest BCUT2D eigenvalue weighted by atomic mass is 9.71. The van der Waals surface area contributed by atoms with Crippen LogP contribution in [-0.4, -0.2) is 47.1 Å². The molecule has 1 aromatic carbocycles. The van der Waals surface area contributed by atoms with Crippen molar-refractivity contribution in [3.63, 3.8) is 0 Å². The van der Waals surface area contributed by atoms with E-state index in [1.54, 1.807) is 37.4 Å². The number of likely N-dealkylation sites (N-methyl/N-ethyl adjacent to an activating group) is 1. The molecule has 3 atom stereocenters. The van der Waals surface area contributed by atoms with Gasteiger partial charge in [-0.3, -0.25) is 9.69 Å². The number of halogens is 1. The Kier molecular flexibility index (Phi) is 3.73. The Morgan fingerprint density at radius 3 is 2.90 bits per heavy atom. The van der Waals surface area contributed by atoms with Crippen LogP contribution in [0.15, 0.2) is 41.5 Å². The van der Waals surface area contributed by atoms with E-state index in [1.807, 2.05) is 6.92 Å². The average molecular weight is 396 g/mol. The Balaban J connectivity index is 1.77. The molecule has 1 fully saturated rings. The van der Waals surface area contributed by atoms with Gasteiger partial charge in [-0.05, 0) is 49.6 Å². The Morgan fingerprint density at radius 2 is 2.17 bits per heavy atom. The normalized spacial score (nSPS) is 30.6. The molecule has 0 unspecified atom stereocenters. The molecule has 0 radical (unpaired) electrons. The van der Waals surface area contributed by atoms with Gasteiger partial charge in [0.2, 0.25) is 11.5 Å². The maximum absolute atomic E-state index is 14.3. The summed E-state index contributed by atoms with van der Waals surface area (Å²) in [5.41, 5.74) is 5.41. The van der Waals surface area contributed by atoms with Crippen LogP contribution in [0, 0.1) is 5.95 Å². The Morgan fingerprint density at radius 1 is 1.34 bits per heavy atom. The zero-order valence-electron chi connectivity index (χ0n) is 16.2. The van der Waals surface area contributed by atoms with Crippen molar-refractivity contribution in [3.8, 4) is 16.9 Å². The van der Waals surface area contributed by atoms with Crippen LogP contribution in [0.3, 0.4) is 0 Å². The zero-order chi connectivity index (χ0) is 20.4. The smallest absolute Gasteiger partial charge is 0.264 e. The lowest BCUT2D eigenvalue weighted by molar-refractivity contribution is -0.175. The molecule has 1 spiro atoms. The van der Waals surface area contributed by atoms with Crippen LogP contribution in [0.5, 0.6) is 5.75 Å². The van der Waals surface area contributed by atoms with Crippen molar-refractivity contribution in [2.24, 2.45) is 10.7 Å². The standard InChI is InChI=1S/C21H21FN4O3/c1-20-8-4-10-28-17(20)21(18(27)26(2)19(23)25-21)14-11-12(6-7-15(14)29-20)13-5-3-9-24-16(13)22/h3,5-7,9,11,17H,4,8,10H2,1-2H3,(H2,23,25)/t17-,20-,21+/m1/s1. The van der Waals surface area contributed by atoms with Gasteiger partial charge in [0, 0.05) is 31.0 Å². The van der Waals surface area contributed by atoms with Crippen molar-refractivity contribution < 1.29 is 18.7 Å². The number of pyridine rings is 1. The van der Waals surface area contributed by atoms with Gasteiger partial charge in [-0.1, -0.05) is 6.07 Å². The van der Waals surface area contributed by atoms with Crippen molar-refractivity contribution in [2.75, 3.05) is 13.7 Å². The Bertz CT molecular complexity index is 1060. The number of nitrogens with zero attached hydrogens (tertiary/aromatic N) is 3. The minimum atomic E-state index is -1.36. The van der Waals surface area contributed by atoms with E-state index in [2.05, 4.69) is 9.98 Å². The SMILES string of the molecule is CN1C(=O)[C@]2(N=C1N)c1cc(-c3cccnc3F)ccc1O[C@]1(C)CCCO[C@H]12. The molecule has 1 aromatic heterocycles. The Hall–Kier alpha value is -3.00. The van der Waals surface area contributed by atoms with E-state index in [-0.39, 0.29) is 11.9 Å². The first-order valence-electron chi connectivity index (χ1n) is 9.56. The summed E-state index contributed by atoms with van der Waals surface area (Å²) in [6.07, 6.45) is 2.30. The monoisotopic (exact) mass is 396 g/mol. The number of ether oxygens (including phenoxy) is 2. The predicted molar refractivity (Wildman–Crippen MR) is 104 cm³/mol. The second-order valence-corrected chi connectivity index (χ2v) is 7.92. The molecule has 1 saturated heterocycles. The number of hydrogen-bond acceptors (Lipinski definition) is 6. The predicted octanol–water partition coefficient (Wildman–Crippen LogP) is 2.20. The molecular formula is C21H21FN4O3. The van der Waals surface area contributed by atoms with E-state index in [4.69, 9.17) is 15.2 Å². The maximum atomic E-state index is 14.3. The molecule has 150 valence electrons. The first-order valence-corrected chi connectivity index (χ1v) is 9.56. The first-order chi connectivity index (χ1) is 13.9. The number of rotatable bonds is 1. The molecule has 8 heteroatoms. The van der Waals surface area contributed by atoms with Gasteiger partial charge in [0.15, 0.2) is 5.96 Å².